The van der Waals surface area contributed by atoms with Gasteiger partial charge >= 0.3 is 5.97 Å². The summed E-state index contributed by atoms with van der Waals surface area (Å²) in [5, 5.41) is 4.03. The summed E-state index contributed by atoms with van der Waals surface area (Å²) in [5.41, 5.74) is 0.924. The molecule has 0 saturated heterocycles. The minimum absolute atomic E-state index is 0.352. The first-order valence-corrected chi connectivity index (χ1v) is 4.43. The van der Waals surface area contributed by atoms with Gasteiger partial charge in [0.2, 0.25) is 0 Å². The number of hydrogen-bond acceptors (Lipinski definition) is 4. The third kappa shape index (κ3) is 3.76. The monoisotopic (exact) mass is 208 g/mol. The molecule has 0 bridgehead atoms. The van der Waals surface area contributed by atoms with Crippen molar-refractivity contribution < 1.29 is 9.53 Å². The number of rotatable bonds is 4. The molecule has 0 aliphatic heterocycles. The molecule has 1 aromatic rings. The molecule has 1 aromatic carbocycles. The standard InChI is InChI=1S/C10H12N2O3/c1-8(13)15-10-5-3-9(4-6-10)7-12(2)11-14/h3-6H,7H2,1-2H3. The van der Waals surface area contributed by atoms with Crippen LogP contribution in [0, 0.1) is 4.91 Å². The maximum Gasteiger partial charge on any atom is 0.308 e. The van der Waals surface area contributed by atoms with Crippen molar-refractivity contribution in [3.05, 3.63) is 34.7 Å². The Kier molecular flexibility index (Phi) is 3.79. The first-order chi connectivity index (χ1) is 7.11. The lowest BCUT2D eigenvalue weighted by molar-refractivity contribution is -0.131. The van der Waals surface area contributed by atoms with Crippen molar-refractivity contribution in [2.75, 3.05) is 7.05 Å². The van der Waals surface area contributed by atoms with Gasteiger partial charge in [0.25, 0.3) is 0 Å². The molecule has 0 saturated carbocycles. The fourth-order valence-electron chi connectivity index (χ4n) is 1.12. The summed E-state index contributed by atoms with van der Waals surface area (Å²) in [5.74, 6) is 0.141. The molecule has 0 spiro atoms. The summed E-state index contributed by atoms with van der Waals surface area (Å²) < 4.78 is 4.86. The summed E-state index contributed by atoms with van der Waals surface area (Å²) in [6.45, 7) is 1.78. The topological polar surface area (TPSA) is 59.0 Å². The normalized spacial score (nSPS) is 9.47. The summed E-state index contributed by atoms with van der Waals surface area (Å²) in [6, 6.07) is 6.91. The highest BCUT2D eigenvalue weighted by atomic mass is 16.5. The van der Waals surface area contributed by atoms with Crippen LogP contribution in [0.1, 0.15) is 12.5 Å². The van der Waals surface area contributed by atoms with Gasteiger partial charge in [-0.1, -0.05) is 12.1 Å². The van der Waals surface area contributed by atoms with Crippen LogP contribution in [0.2, 0.25) is 0 Å². The number of hydrogen-bond donors (Lipinski definition) is 0. The second-order valence-corrected chi connectivity index (χ2v) is 3.14. The third-order valence-corrected chi connectivity index (χ3v) is 1.74. The molecule has 0 amide bonds. The van der Waals surface area contributed by atoms with E-state index in [1.807, 2.05) is 0 Å². The summed E-state index contributed by atoms with van der Waals surface area (Å²) >= 11 is 0. The Balaban J connectivity index is 2.63. The van der Waals surface area contributed by atoms with Crippen LogP contribution in [-0.4, -0.2) is 18.0 Å². The molecule has 5 heteroatoms. The molecular formula is C10H12N2O3. The zero-order valence-electron chi connectivity index (χ0n) is 8.64. The van der Waals surface area contributed by atoms with Crippen molar-refractivity contribution in [2.45, 2.75) is 13.5 Å². The second-order valence-electron chi connectivity index (χ2n) is 3.14. The zero-order valence-corrected chi connectivity index (χ0v) is 8.64. The molecule has 0 fully saturated rings. The number of carbonyl (C=O) groups is 1. The van der Waals surface area contributed by atoms with E-state index in [4.69, 9.17) is 4.74 Å². The molecule has 0 aliphatic rings. The van der Waals surface area contributed by atoms with Gasteiger partial charge in [-0.3, -0.25) is 9.80 Å². The fourth-order valence-corrected chi connectivity index (χ4v) is 1.12. The minimum atomic E-state index is -0.352. The molecule has 0 atom stereocenters. The SMILES string of the molecule is CC(=O)Oc1ccc(CN(C)N=O)cc1. The van der Waals surface area contributed by atoms with E-state index in [1.165, 1.54) is 11.9 Å². The molecule has 15 heavy (non-hydrogen) atoms. The van der Waals surface area contributed by atoms with Gasteiger partial charge in [0, 0.05) is 14.0 Å². The Morgan fingerprint density at radius 3 is 2.47 bits per heavy atom. The molecular weight excluding hydrogens is 196 g/mol. The average Bonchev–Trinajstić information content (AvgIpc) is 2.20. The van der Waals surface area contributed by atoms with Crippen LogP contribution >= 0.6 is 0 Å². The van der Waals surface area contributed by atoms with E-state index in [9.17, 15) is 9.70 Å². The predicted octanol–water partition coefficient (Wildman–Crippen LogP) is 1.73. The number of benzene rings is 1. The predicted molar refractivity (Wildman–Crippen MR) is 55.0 cm³/mol. The molecule has 0 N–H and O–H groups in total. The zero-order chi connectivity index (χ0) is 11.3. The minimum Gasteiger partial charge on any atom is -0.427 e. The van der Waals surface area contributed by atoms with Gasteiger partial charge < -0.3 is 4.74 Å². The van der Waals surface area contributed by atoms with Gasteiger partial charge in [0.15, 0.2) is 0 Å². The van der Waals surface area contributed by atoms with E-state index in [0.717, 1.165) is 5.56 Å². The van der Waals surface area contributed by atoms with Crippen molar-refractivity contribution in [1.29, 1.82) is 0 Å². The quantitative estimate of drug-likeness (QED) is 0.327. The molecule has 1 rings (SSSR count). The van der Waals surface area contributed by atoms with Crippen molar-refractivity contribution in [1.82, 2.24) is 5.01 Å². The third-order valence-electron chi connectivity index (χ3n) is 1.74. The number of esters is 1. The lowest BCUT2D eigenvalue weighted by Gasteiger charge is -2.08. The van der Waals surface area contributed by atoms with E-state index in [2.05, 4.69) is 5.29 Å². The van der Waals surface area contributed by atoms with Crippen LogP contribution in [0.5, 0.6) is 5.75 Å². The van der Waals surface area contributed by atoms with E-state index in [-0.39, 0.29) is 5.97 Å². The number of nitroso groups, excluding NO2 is 1. The molecule has 0 unspecified atom stereocenters. The Labute approximate surface area is 87.6 Å². The van der Waals surface area contributed by atoms with Crippen molar-refractivity contribution in [3.8, 4) is 5.75 Å². The van der Waals surface area contributed by atoms with Crippen LogP contribution < -0.4 is 4.74 Å². The summed E-state index contributed by atoms with van der Waals surface area (Å²) in [4.78, 5) is 20.8. The molecule has 0 heterocycles. The Morgan fingerprint density at radius 1 is 1.40 bits per heavy atom. The average molecular weight is 208 g/mol. The van der Waals surface area contributed by atoms with Crippen LogP contribution in [0.3, 0.4) is 0 Å². The number of carbonyl (C=O) groups excluding carboxylic acids is 1. The highest BCUT2D eigenvalue weighted by Crippen LogP contribution is 2.13. The van der Waals surface area contributed by atoms with Crippen molar-refractivity contribution >= 4 is 5.97 Å². The molecule has 5 nitrogen and oxygen atoms in total. The smallest absolute Gasteiger partial charge is 0.308 e. The Bertz CT molecular complexity index is 348. The van der Waals surface area contributed by atoms with Crippen LogP contribution in [0.15, 0.2) is 29.6 Å². The molecule has 0 aliphatic carbocycles. The Hall–Kier alpha value is -1.91. The van der Waals surface area contributed by atoms with Crippen molar-refractivity contribution in [2.24, 2.45) is 5.29 Å². The summed E-state index contributed by atoms with van der Waals surface area (Å²) in [6.07, 6.45) is 0. The largest absolute Gasteiger partial charge is 0.427 e. The van der Waals surface area contributed by atoms with Gasteiger partial charge in [0.1, 0.15) is 5.75 Å². The molecule has 0 aromatic heterocycles. The van der Waals surface area contributed by atoms with Crippen LogP contribution in [0.25, 0.3) is 0 Å². The van der Waals surface area contributed by atoms with Gasteiger partial charge in [-0.15, -0.1) is 4.91 Å². The lowest BCUT2D eigenvalue weighted by Crippen LogP contribution is -2.09. The fraction of sp³-hybridized carbons (Fsp3) is 0.300. The van der Waals surface area contributed by atoms with Crippen molar-refractivity contribution in [3.63, 3.8) is 0 Å². The maximum absolute atomic E-state index is 10.6. The first-order valence-electron chi connectivity index (χ1n) is 4.43. The van der Waals surface area contributed by atoms with Gasteiger partial charge in [-0.25, -0.2) is 0 Å². The highest BCUT2D eigenvalue weighted by molar-refractivity contribution is 5.69. The van der Waals surface area contributed by atoms with E-state index in [0.29, 0.717) is 12.3 Å². The van der Waals surface area contributed by atoms with E-state index >= 15 is 0 Å². The van der Waals surface area contributed by atoms with E-state index < -0.39 is 0 Å². The lowest BCUT2D eigenvalue weighted by atomic mass is 10.2. The van der Waals surface area contributed by atoms with Crippen LogP contribution in [0.4, 0.5) is 0 Å². The van der Waals surface area contributed by atoms with Gasteiger partial charge in [-0.2, -0.15) is 0 Å². The molecule has 0 radical (unpaired) electrons. The second kappa shape index (κ2) is 5.09. The Morgan fingerprint density at radius 2 is 2.00 bits per heavy atom. The highest BCUT2D eigenvalue weighted by Gasteiger charge is 2.00. The van der Waals surface area contributed by atoms with Gasteiger partial charge in [-0.05, 0) is 17.7 Å². The summed E-state index contributed by atoms with van der Waals surface area (Å²) in [7, 11) is 1.59. The molecule has 80 valence electrons. The maximum atomic E-state index is 10.6. The van der Waals surface area contributed by atoms with Gasteiger partial charge in [0.05, 0.1) is 11.8 Å². The van der Waals surface area contributed by atoms with E-state index in [1.54, 1.807) is 31.3 Å². The number of ether oxygens (including phenoxy) is 1. The van der Waals surface area contributed by atoms with Crippen LogP contribution in [-0.2, 0) is 11.3 Å². The first kappa shape index (κ1) is 11.2. The number of nitrogens with zero attached hydrogens (tertiary/aromatic N) is 2.